The minimum atomic E-state index is -0.984. The Morgan fingerprint density at radius 1 is 1.44 bits per heavy atom. The summed E-state index contributed by atoms with van der Waals surface area (Å²) >= 11 is 0. The average Bonchev–Trinajstić information content (AvgIpc) is 2.72. The zero-order valence-electron chi connectivity index (χ0n) is 10.0. The summed E-state index contributed by atoms with van der Waals surface area (Å²) in [5.41, 5.74) is 14.2. The van der Waals surface area contributed by atoms with Crippen molar-refractivity contribution in [1.29, 1.82) is 0 Å². The van der Waals surface area contributed by atoms with Crippen molar-refractivity contribution in [2.24, 2.45) is 11.5 Å². The number of nitrogens with two attached hydrogens (primary N) is 2. The highest BCUT2D eigenvalue weighted by Gasteiger charge is 2.14. The lowest BCUT2D eigenvalue weighted by molar-refractivity contribution is -0.138. The van der Waals surface area contributed by atoms with E-state index in [0.29, 0.717) is 13.0 Å². The van der Waals surface area contributed by atoms with E-state index in [2.05, 4.69) is 4.98 Å². The Kier molecular flexibility index (Phi) is 3.64. The number of rotatable bonds is 5. The maximum Gasteiger partial charge on any atom is 0.320 e. The maximum absolute atomic E-state index is 10.8. The highest BCUT2D eigenvalue weighted by atomic mass is 16.4. The van der Waals surface area contributed by atoms with Crippen LogP contribution in [0, 0.1) is 0 Å². The van der Waals surface area contributed by atoms with Crippen molar-refractivity contribution >= 4 is 16.9 Å². The van der Waals surface area contributed by atoms with Crippen LogP contribution in [0.1, 0.15) is 11.1 Å². The van der Waals surface area contributed by atoms with E-state index in [0.717, 1.165) is 28.5 Å². The molecule has 96 valence electrons. The minimum Gasteiger partial charge on any atom is -0.480 e. The molecule has 1 aromatic heterocycles. The van der Waals surface area contributed by atoms with Crippen LogP contribution in [0.2, 0.25) is 0 Å². The van der Waals surface area contributed by atoms with Gasteiger partial charge in [-0.05, 0) is 36.2 Å². The summed E-state index contributed by atoms with van der Waals surface area (Å²) < 4.78 is 0. The zero-order valence-corrected chi connectivity index (χ0v) is 10.0. The van der Waals surface area contributed by atoms with Gasteiger partial charge in [-0.1, -0.05) is 6.07 Å². The highest BCUT2D eigenvalue weighted by Crippen LogP contribution is 2.21. The number of carboxylic acid groups (broad SMARTS) is 1. The molecule has 0 amide bonds. The number of carboxylic acids is 1. The van der Waals surface area contributed by atoms with Crippen molar-refractivity contribution in [2.75, 3.05) is 6.54 Å². The van der Waals surface area contributed by atoms with E-state index in [1.807, 2.05) is 24.4 Å². The maximum atomic E-state index is 10.8. The molecule has 5 nitrogen and oxygen atoms in total. The molecule has 1 atom stereocenters. The molecule has 0 saturated carbocycles. The van der Waals surface area contributed by atoms with Gasteiger partial charge in [0.2, 0.25) is 0 Å². The van der Waals surface area contributed by atoms with Crippen molar-refractivity contribution < 1.29 is 9.90 Å². The largest absolute Gasteiger partial charge is 0.480 e. The summed E-state index contributed by atoms with van der Waals surface area (Å²) in [5.74, 6) is -0.984. The van der Waals surface area contributed by atoms with E-state index < -0.39 is 12.0 Å². The van der Waals surface area contributed by atoms with E-state index in [-0.39, 0.29) is 0 Å². The molecule has 1 heterocycles. The van der Waals surface area contributed by atoms with Crippen LogP contribution in [0.4, 0.5) is 0 Å². The number of aromatic nitrogens is 1. The standard InChI is InChI=1S/C13H17N3O2/c14-4-3-8-1-2-12-10(5-8)9(7-16-12)6-11(15)13(17)18/h1-2,5,7,11,16H,3-4,6,14-15H2,(H,17,18). The summed E-state index contributed by atoms with van der Waals surface area (Å²) in [6.07, 6.45) is 2.95. The third-order valence-electron chi connectivity index (χ3n) is 3.02. The molecule has 1 unspecified atom stereocenters. The van der Waals surface area contributed by atoms with E-state index in [4.69, 9.17) is 16.6 Å². The first-order chi connectivity index (χ1) is 8.61. The topological polar surface area (TPSA) is 105 Å². The van der Waals surface area contributed by atoms with Gasteiger partial charge >= 0.3 is 5.97 Å². The molecular formula is C13H17N3O2. The van der Waals surface area contributed by atoms with Crippen molar-refractivity contribution in [3.05, 3.63) is 35.5 Å². The summed E-state index contributed by atoms with van der Waals surface area (Å²) in [7, 11) is 0. The number of hydrogen-bond acceptors (Lipinski definition) is 3. The number of benzene rings is 1. The molecule has 0 saturated heterocycles. The van der Waals surface area contributed by atoms with Crippen molar-refractivity contribution in [3.63, 3.8) is 0 Å². The quantitative estimate of drug-likeness (QED) is 0.621. The van der Waals surface area contributed by atoms with Crippen molar-refractivity contribution in [2.45, 2.75) is 18.9 Å². The molecule has 18 heavy (non-hydrogen) atoms. The Morgan fingerprint density at radius 3 is 2.89 bits per heavy atom. The van der Waals surface area contributed by atoms with E-state index >= 15 is 0 Å². The number of hydrogen-bond donors (Lipinski definition) is 4. The second kappa shape index (κ2) is 5.20. The number of carbonyl (C=O) groups is 1. The smallest absolute Gasteiger partial charge is 0.320 e. The lowest BCUT2D eigenvalue weighted by Crippen LogP contribution is -2.32. The first-order valence-electron chi connectivity index (χ1n) is 5.89. The molecule has 0 aliphatic carbocycles. The van der Waals surface area contributed by atoms with Crippen LogP contribution >= 0.6 is 0 Å². The van der Waals surface area contributed by atoms with Crippen LogP contribution in [-0.4, -0.2) is 28.6 Å². The Labute approximate surface area is 105 Å². The summed E-state index contributed by atoms with van der Waals surface area (Å²) in [6, 6.07) is 5.17. The average molecular weight is 247 g/mol. The van der Waals surface area contributed by atoms with Crippen LogP contribution < -0.4 is 11.5 Å². The molecule has 1 aromatic carbocycles. The van der Waals surface area contributed by atoms with Gasteiger partial charge in [0, 0.05) is 23.5 Å². The third kappa shape index (κ3) is 2.52. The third-order valence-corrected chi connectivity index (χ3v) is 3.02. The Balaban J connectivity index is 2.33. The molecule has 0 aliphatic rings. The van der Waals surface area contributed by atoms with E-state index in [1.54, 1.807) is 0 Å². The molecular weight excluding hydrogens is 230 g/mol. The predicted octanol–water partition coefficient (Wildman–Crippen LogP) is 0.624. The molecule has 0 spiro atoms. The van der Waals surface area contributed by atoms with Crippen molar-refractivity contribution in [3.8, 4) is 0 Å². The predicted molar refractivity (Wildman–Crippen MR) is 70.4 cm³/mol. The monoisotopic (exact) mass is 247 g/mol. The summed E-state index contributed by atoms with van der Waals surface area (Å²) in [5, 5.41) is 9.87. The van der Waals surface area contributed by atoms with Gasteiger partial charge in [-0.3, -0.25) is 4.79 Å². The van der Waals surface area contributed by atoms with Crippen LogP contribution in [0.5, 0.6) is 0 Å². The van der Waals surface area contributed by atoms with Gasteiger partial charge < -0.3 is 21.6 Å². The molecule has 2 rings (SSSR count). The second-order valence-corrected chi connectivity index (χ2v) is 4.38. The molecule has 0 fully saturated rings. The van der Waals surface area contributed by atoms with Crippen LogP contribution in [-0.2, 0) is 17.6 Å². The number of fused-ring (bicyclic) bond motifs is 1. The van der Waals surface area contributed by atoms with E-state index in [9.17, 15) is 4.79 Å². The van der Waals surface area contributed by atoms with Gasteiger partial charge in [0.15, 0.2) is 0 Å². The lowest BCUT2D eigenvalue weighted by atomic mass is 10.0. The Bertz CT molecular complexity index is 562. The SMILES string of the molecule is NCCc1ccc2[nH]cc(CC(N)C(=O)O)c2c1. The fourth-order valence-electron chi connectivity index (χ4n) is 2.04. The van der Waals surface area contributed by atoms with Crippen molar-refractivity contribution in [1.82, 2.24) is 4.98 Å². The number of aromatic amines is 1. The highest BCUT2D eigenvalue weighted by molar-refractivity contribution is 5.85. The minimum absolute atomic E-state index is 0.321. The molecule has 0 bridgehead atoms. The van der Waals surface area contributed by atoms with Gasteiger partial charge in [-0.2, -0.15) is 0 Å². The second-order valence-electron chi connectivity index (χ2n) is 4.38. The normalized spacial score (nSPS) is 12.8. The molecule has 5 heteroatoms. The summed E-state index contributed by atoms with van der Waals surface area (Å²) in [4.78, 5) is 13.9. The van der Waals surface area contributed by atoms with Crippen LogP contribution in [0.15, 0.2) is 24.4 Å². The van der Waals surface area contributed by atoms with Crippen LogP contribution in [0.25, 0.3) is 10.9 Å². The lowest BCUT2D eigenvalue weighted by Gasteiger charge is -2.05. The number of aliphatic carboxylic acids is 1. The van der Waals surface area contributed by atoms with E-state index in [1.165, 1.54) is 0 Å². The first-order valence-corrected chi connectivity index (χ1v) is 5.89. The number of nitrogens with one attached hydrogen (secondary N) is 1. The fourth-order valence-corrected chi connectivity index (χ4v) is 2.04. The first kappa shape index (κ1) is 12.6. The molecule has 6 N–H and O–H groups in total. The van der Waals surface area contributed by atoms with Gasteiger partial charge in [-0.25, -0.2) is 0 Å². The summed E-state index contributed by atoms with van der Waals surface area (Å²) in [6.45, 7) is 0.597. The molecule has 2 aromatic rings. The van der Waals surface area contributed by atoms with Crippen LogP contribution in [0.3, 0.4) is 0 Å². The van der Waals surface area contributed by atoms with Gasteiger partial charge in [0.1, 0.15) is 6.04 Å². The molecule has 0 radical (unpaired) electrons. The number of H-pyrrole nitrogens is 1. The fraction of sp³-hybridized carbons (Fsp3) is 0.308. The molecule has 0 aliphatic heterocycles. The van der Waals surface area contributed by atoms with Gasteiger partial charge in [-0.15, -0.1) is 0 Å². The zero-order chi connectivity index (χ0) is 13.1. The van der Waals surface area contributed by atoms with Gasteiger partial charge in [0.25, 0.3) is 0 Å². The Hall–Kier alpha value is -1.85. The Morgan fingerprint density at radius 2 is 2.22 bits per heavy atom. The van der Waals surface area contributed by atoms with Gasteiger partial charge in [0.05, 0.1) is 0 Å².